The Morgan fingerprint density at radius 3 is 2.91 bits per heavy atom. The Bertz CT molecular complexity index is 668. The average molecular weight is 336 g/mol. The maximum Gasteiger partial charge on any atom is 0.228 e. The molecule has 1 aromatic carbocycles. The second kappa shape index (κ2) is 7.57. The smallest absolute Gasteiger partial charge is 0.228 e. The number of carbonyl (C=O) groups excluding carboxylic acids is 1. The normalized spacial score (nSPS) is 14.9. The molecule has 1 aliphatic rings. The molecule has 0 radical (unpaired) electrons. The zero-order valence-corrected chi connectivity index (χ0v) is 14.1. The molecule has 23 heavy (non-hydrogen) atoms. The third kappa shape index (κ3) is 4.30. The van der Waals surface area contributed by atoms with Gasteiger partial charge in [-0.2, -0.15) is 5.10 Å². The lowest BCUT2D eigenvalue weighted by molar-refractivity contribution is -0.119. The number of H-pyrrole nitrogens is 1. The second-order valence-electron chi connectivity index (χ2n) is 5.85. The summed E-state index contributed by atoms with van der Waals surface area (Å²) in [7, 11) is 1.84. The number of carbonyl (C=O) groups is 1. The van der Waals surface area contributed by atoms with Crippen LogP contribution in [0.15, 0.2) is 24.3 Å². The van der Waals surface area contributed by atoms with Gasteiger partial charge in [0.1, 0.15) is 5.82 Å². The molecule has 1 aliphatic carbocycles. The number of halogens is 1. The maximum absolute atomic E-state index is 12.1. The first-order valence-corrected chi connectivity index (χ1v) is 7.65. The van der Waals surface area contributed by atoms with Gasteiger partial charge in [-0.25, -0.2) is 4.98 Å². The number of aromatic nitrogens is 3. The van der Waals surface area contributed by atoms with E-state index in [2.05, 4.69) is 25.8 Å². The summed E-state index contributed by atoms with van der Waals surface area (Å²) in [6, 6.07) is 7.64. The molecule has 3 rings (SSSR count). The molecule has 124 valence electrons. The third-order valence-corrected chi connectivity index (χ3v) is 3.81. The highest BCUT2D eigenvalue weighted by Gasteiger charge is 2.27. The van der Waals surface area contributed by atoms with E-state index < -0.39 is 0 Å². The molecule has 1 saturated carbocycles. The number of rotatable bonds is 6. The lowest BCUT2D eigenvalue weighted by Gasteiger charge is -2.11. The SMILES string of the molecule is CNCC(C)C(=O)Nc1cccc(-c2n[nH]c(C3CC3)n2)c1.Cl. The number of anilines is 1. The molecule has 1 aromatic heterocycles. The van der Waals surface area contributed by atoms with Gasteiger partial charge in [0.05, 0.1) is 0 Å². The molecule has 1 atom stereocenters. The predicted octanol–water partition coefficient (Wildman–Crippen LogP) is 2.56. The van der Waals surface area contributed by atoms with Crippen LogP contribution >= 0.6 is 12.4 Å². The van der Waals surface area contributed by atoms with Crippen LogP contribution in [0.4, 0.5) is 5.69 Å². The van der Waals surface area contributed by atoms with Crippen LogP contribution in [0.1, 0.15) is 31.5 Å². The van der Waals surface area contributed by atoms with Crippen molar-refractivity contribution in [1.29, 1.82) is 0 Å². The first-order chi connectivity index (χ1) is 10.7. The summed E-state index contributed by atoms with van der Waals surface area (Å²) in [6.45, 7) is 2.55. The van der Waals surface area contributed by atoms with Crippen molar-refractivity contribution in [2.24, 2.45) is 5.92 Å². The number of hydrogen-bond donors (Lipinski definition) is 3. The van der Waals surface area contributed by atoms with E-state index in [1.54, 1.807) is 0 Å². The molecular weight excluding hydrogens is 314 g/mol. The van der Waals surface area contributed by atoms with E-state index in [-0.39, 0.29) is 24.2 Å². The number of amides is 1. The van der Waals surface area contributed by atoms with Crippen molar-refractivity contribution in [2.75, 3.05) is 18.9 Å². The fourth-order valence-corrected chi connectivity index (χ4v) is 2.34. The first kappa shape index (κ1) is 17.4. The molecule has 0 bridgehead atoms. The van der Waals surface area contributed by atoms with Gasteiger partial charge in [0, 0.05) is 29.6 Å². The largest absolute Gasteiger partial charge is 0.326 e. The van der Waals surface area contributed by atoms with E-state index >= 15 is 0 Å². The van der Waals surface area contributed by atoms with E-state index in [0.29, 0.717) is 18.3 Å². The number of benzene rings is 1. The zero-order chi connectivity index (χ0) is 15.5. The maximum atomic E-state index is 12.1. The number of nitrogens with zero attached hydrogens (tertiary/aromatic N) is 2. The monoisotopic (exact) mass is 335 g/mol. The van der Waals surface area contributed by atoms with Crippen molar-refractivity contribution in [1.82, 2.24) is 20.5 Å². The van der Waals surface area contributed by atoms with Crippen molar-refractivity contribution in [2.45, 2.75) is 25.7 Å². The van der Waals surface area contributed by atoms with Gasteiger partial charge in [0.2, 0.25) is 5.91 Å². The van der Waals surface area contributed by atoms with E-state index in [4.69, 9.17) is 0 Å². The first-order valence-electron chi connectivity index (χ1n) is 7.65. The molecule has 1 fully saturated rings. The summed E-state index contributed by atoms with van der Waals surface area (Å²) in [6.07, 6.45) is 2.38. The van der Waals surface area contributed by atoms with E-state index in [0.717, 1.165) is 17.1 Å². The molecule has 1 heterocycles. The van der Waals surface area contributed by atoms with Gasteiger partial charge in [0.15, 0.2) is 5.82 Å². The van der Waals surface area contributed by atoms with E-state index in [1.165, 1.54) is 12.8 Å². The Labute approximate surface area is 141 Å². The van der Waals surface area contributed by atoms with Crippen molar-refractivity contribution < 1.29 is 4.79 Å². The summed E-state index contributed by atoms with van der Waals surface area (Å²) >= 11 is 0. The van der Waals surface area contributed by atoms with Gasteiger partial charge in [-0.1, -0.05) is 19.1 Å². The number of aromatic amines is 1. The van der Waals surface area contributed by atoms with Gasteiger partial charge in [-0.3, -0.25) is 9.89 Å². The number of nitrogens with one attached hydrogen (secondary N) is 3. The minimum atomic E-state index is -0.0846. The van der Waals surface area contributed by atoms with Gasteiger partial charge in [-0.15, -0.1) is 12.4 Å². The van der Waals surface area contributed by atoms with Crippen LogP contribution in [0.2, 0.25) is 0 Å². The summed E-state index contributed by atoms with van der Waals surface area (Å²) in [4.78, 5) is 16.6. The van der Waals surface area contributed by atoms with Crippen LogP contribution in [0, 0.1) is 5.92 Å². The Morgan fingerprint density at radius 2 is 2.22 bits per heavy atom. The van der Waals surface area contributed by atoms with Crippen LogP contribution in [-0.4, -0.2) is 34.7 Å². The molecule has 7 heteroatoms. The van der Waals surface area contributed by atoms with Crippen LogP contribution in [0.25, 0.3) is 11.4 Å². The Morgan fingerprint density at radius 1 is 1.43 bits per heavy atom. The molecule has 0 saturated heterocycles. The summed E-state index contributed by atoms with van der Waals surface area (Å²) < 4.78 is 0. The van der Waals surface area contributed by atoms with Crippen molar-refractivity contribution in [3.05, 3.63) is 30.1 Å². The van der Waals surface area contributed by atoms with Gasteiger partial charge in [-0.05, 0) is 32.0 Å². The molecule has 3 N–H and O–H groups in total. The molecule has 2 aromatic rings. The molecule has 0 aliphatic heterocycles. The lowest BCUT2D eigenvalue weighted by atomic mass is 10.1. The zero-order valence-electron chi connectivity index (χ0n) is 13.3. The highest BCUT2D eigenvalue weighted by atomic mass is 35.5. The molecule has 0 spiro atoms. The third-order valence-electron chi connectivity index (χ3n) is 3.81. The summed E-state index contributed by atoms with van der Waals surface area (Å²) in [5, 5.41) is 13.2. The minimum Gasteiger partial charge on any atom is -0.326 e. The standard InChI is InChI=1S/C16H21N5O.ClH/c1-10(9-17-2)16(22)18-13-5-3-4-12(8-13)15-19-14(20-21-15)11-6-7-11;/h3-5,8,10-11,17H,6-7,9H2,1-2H3,(H,18,22)(H,19,20,21);1H. The minimum absolute atomic E-state index is 0. The lowest BCUT2D eigenvalue weighted by Crippen LogP contribution is -2.28. The van der Waals surface area contributed by atoms with Crippen LogP contribution in [0.5, 0.6) is 0 Å². The van der Waals surface area contributed by atoms with E-state index in [9.17, 15) is 4.79 Å². The molecule has 1 unspecified atom stereocenters. The molecule has 6 nitrogen and oxygen atoms in total. The van der Waals surface area contributed by atoms with Crippen molar-refractivity contribution >= 4 is 24.0 Å². The van der Waals surface area contributed by atoms with Crippen molar-refractivity contribution in [3.63, 3.8) is 0 Å². The summed E-state index contributed by atoms with van der Waals surface area (Å²) in [5.74, 6) is 2.11. The van der Waals surface area contributed by atoms with E-state index in [1.807, 2.05) is 38.2 Å². The molecular formula is C16H22ClN5O. The second-order valence-corrected chi connectivity index (χ2v) is 5.85. The summed E-state index contributed by atoms with van der Waals surface area (Å²) in [5.41, 5.74) is 1.67. The topological polar surface area (TPSA) is 82.7 Å². The predicted molar refractivity (Wildman–Crippen MR) is 92.8 cm³/mol. The quantitative estimate of drug-likeness (QED) is 0.757. The van der Waals surface area contributed by atoms with Crippen molar-refractivity contribution in [3.8, 4) is 11.4 Å². The Kier molecular flexibility index (Phi) is 5.74. The Balaban J connectivity index is 0.00000192. The van der Waals surface area contributed by atoms with Crippen LogP contribution in [0.3, 0.4) is 0 Å². The van der Waals surface area contributed by atoms with Crippen LogP contribution in [-0.2, 0) is 4.79 Å². The van der Waals surface area contributed by atoms with Gasteiger partial charge in [0.25, 0.3) is 0 Å². The average Bonchev–Trinajstić information content (AvgIpc) is 3.25. The highest BCUT2D eigenvalue weighted by Crippen LogP contribution is 2.38. The highest BCUT2D eigenvalue weighted by molar-refractivity contribution is 5.93. The van der Waals surface area contributed by atoms with Crippen LogP contribution < -0.4 is 10.6 Å². The Hall–Kier alpha value is -1.92. The van der Waals surface area contributed by atoms with Gasteiger partial charge >= 0.3 is 0 Å². The van der Waals surface area contributed by atoms with Gasteiger partial charge < -0.3 is 10.6 Å². The number of hydrogen-bond acceptors (Lipinski definition) is 4. The molecule has 1 amide bonds. The fraction of sp³-hybridized carbons (Fsp3) is 0.438. The fourth-order valence-electron chi connectivity index (χ4n) is 2.34.